The standard InChI is InChI=1S/C18H14N2O5/c1-10-4-2-3-5-13(10)20-17(24)12(16(23)19-18(20)25)8-11-6-7-14(21)15(22)9-11/h2-9,21-22H,1H3,(H,19,23,25)/b12-8-. The van der Waals surface area contributed by atoms with Crippen LogP contribution < -0.4 is 10.2 Å². The summed E-state index contributed by atoms with van der Waals surface area (Å²) in [6, 6.07) is 9.84. The van der Waals surface area contributed by atoms with Crippen molar-refractivity contribution in [3.8, 4) is 11.5 Å². The van der Waals surface area contributed by atoms with E-state index in [-0.39, 0.29) is 17.1 Å². The number of benzene rings is 2. The number of aromatic hydroxyl groups is 2. The number of para-hydroxylation sites is 1. The lowest BCUT2D eigenvalue weighted by atomic mass is 10.1. The molecule has 0 radical (unpaired) electrons. The molecule has 0 atom stereocenters. The number of barbiturate groups is 1. The Balaban J connectivity index is 2.05. The van der Waals surface area contributed by atoms with Gasteiger partial charge >= 0.3 is 6.03 Å². The van der Waals surface area contributed by atoms with Crippen molar-refractivity contribution >= 4 is 29.6 Å². The second kappa shape index (κ2) is 6.12. The van der Waals surface area contributed by atoms with E-state index in [1.807, 2.05) is 0 Å². The zero-order valence-corrected chi connectivity index (χ0v) is 13.2. The summed E-state index contributed by atoms with van der Waals surface area (Å²) in [7, 11) is 0. The Hall–Kier alpha value is -3.61. The second-order valence-corrected chi connectivity index (χ2v) is 5.49. The van der Waals surface area contributed by atoms with Crippen molar-refractivity contribution in [2.45, 2.75) is 6.92 Å². The number of nitrogens with one attached hydrogen (secondary N) is 1. The highest BCUT2D eigenvalue weighted by Gasteiger charge is 2.37. The Labute approximate surface area is 142 Å². The highest BCUT2D eigenvalue weighted by atomic mass is 16.3. The molecule has 7 nitrogen and oxygen atoms in total. The number of hydrogen-bond acceptors (Lipinski definition) is 5. The number of carbonyl (C=O) groups is 3. The predicted molar refractivity (Wildman–Crippen MR) is 90.0 cm³/mol. The molecule has 1 aliphatic rings. The first-order valence-electron chi connectivity index (χ1n) is 7.37. The minimum Gasteiger partial charge on any atom is -0.504 e. The third kappa shape index (κ3) is 2.94. The van der Waals surface area contributed by atoms with Crippen LogP contribution in [0.4, 0.5) is 10.5 Å². The molecule has 25 heavy (non-hydrogen) atoms. The van der Waals surface area contributed by atoms with Crippen molar-refractivity contribution in [3.63, 3.8) is 0 Å². The highest BCUT2D eigenvalue weighted by Crippen LogP contribution is 2.28. The summed E-state index contributed by atoms with van der Waals surface area (Å²) >= 11 is 0. The maximum atomic E-state index is 12.7. The average Bonchev–Trinajstić information content (AvgIpc) is 2.56. The molecular weight excluding hydrogens is 324 g/mol. The molecule has 0 saturated carbocycles. The Morgan fingerprint density at radius 1 is 1.00 bits per heavy atom. The van der Waals surface area contributed by atoms with Gasteiger partial charge in [-0.1, -0.05) is 24.3 Å². The first-order valence-corrected chi connectivity index (χ1v) is 7.37. The van der Waals surface area contributed by atoms with Crippen LogP contribution in [-0.4, -0.2) is 28.1 Å². The normalized spacial score (nSPS) is 16.3. The zero-order valence-electron chi connectivity index (χ0n) is 13.2. The van der Waals surface area contributed by atoms with Crippen molar-refractivity contribution in [1.82, 2.24) is 5.32 Å². The summed E-state index contributed by atoms with van der Waals surface area (Å²) in [5.41, 5.74) is 1.14. The molecule has 2 aromatic carbocycles. The topological polar surface area (TPSA) is 107 Å². The van der Waals surface area contributed by atoms with Gasteiger partial charge in [0.1, 0.15) is 5.57 Å². The van der Waals surface area contributed by atoms with Gasteiger partial charge in [0.2, 0.25) is 0 Å². The van der Waals surface area contributed by atoms with Crippen LogP contribution in [0, 0.1) is 6.92 Å². The van der Waals surface area contributed by atoms with Gasteiger partial charge < -0.3 is 10.2 Å². The minimum absolute atomic E-state index is 0.257. The maximum absolute atomic E-state index is 12.7. The molecular formula is C18H14N2O5. The number of amides is 4. The van der Waals surface area contributed by atoms with E-state index in [9.17, 15) is 24.6 Å². The Bertz CT molecular complexity index is 933. The van der Waals surface area contributed by atoms with Gasteiger partial charge in [0.25, 0.3) is 11.8 Å². The van der Waals surface area contributed by atoms with Gasteiger partial charge in [-0.25, -0.2) is 9.69 Å². The number of imide groups is 2. The fourth-order valence-electron chi connectivity index (χ4n) is 2.49. The van der Waals surface area contributed by atoms with Crippen molar-refractivity contribution in [2.24, 2.45) is 0 Å². The molecule has 0 bridgehead atoms. The zero-order chi connectivity index (χ0) is 18.1. The molecule has 0 unspecified atom stereocenters. The van der Waals surface area contributed by atoms with E-state index in [0.717, 1.165) is 4.90 Å². The molecule has 1 saturated heterocycles. The smallest absolute Gasteiger partial charge is 0.335 e. The first kappa shape index (κ1) is 16.3. The lowest BCUT2D eigenvalue weighted by Gasteiger charge is -2.27. The fraction of sp³-hybridized carbons (Fsp3) is 0.0556. The van der Waals surface area contributed by atoms with Crippen molar-refractivity contribution in [3.05, 3.63) is 59.2 Å². The number of phenolic OH excluding ortho intramolecular Hbond substituents is 2. The van der Waals surface area contributed by atoms with Crippen LogP contribution in [0.1, 0.15) is 11.1 Å². The van der Waals surface area contributed by atoms with Gasteiger partial charge in [-0.3, -0.25) is 14.9 Å². The molecule has 1 aliphatic heterocycles. The van der Waals surface area contributed by atoms with Gasteiger partial charge in [-0.05, 0) is 42.3 Å². The lowest BCUT2D eigenvalue weighted by Crippen LogP contribution is -2.54. The van der Waals surface area contributed by atoms with Crippen molar-refractivity contribution in [1.29, 1.82) is 0 Å². The van der Waals surface area contributed by atoms with Crippen LogP contribution in [0.25, 0.3) is 6.08 Å². The number of aryl methyl sites for hydroxylation is 1. The van der Waals surface area contributed by atoms with E-state index in [1.54, 1.807) is 31.2 Å². The first-order chi connectivity index (χ1) is 11.9. The fourth-order valence-corrected chi connectivity index (χ4v) is 2.49. The molecule has 0 aliphatic carbocycles. The maximum Gasteiger partial charge on any atom is 0.335 e. The van der Waals surface area contributed by atoms with Crippen molar-refractivity contribution in [2.75, 3.05) is 4.90 Å². The summed E-state index contributed by atoms with van der Waals surface area (Å²) in [6.45, 7) is 1.74. The molecule has 2 aromatic rings. The van der Waals surface area contributed by atoms with Gasteiger partial charge in [0.05, 0.1) is 5.69 Å². The summed E-state index contributed by atoms with van der Waals surface area (Å²) in [5.74, 6) is -2.30. The van der Waals surface area contributed by atoms with E-state index < -0.39 is 17.8 Å². The summed E-state index contributed by atoms with van der Waals surface area (Å²) in [5, 5.41) is 21.0. The van der Waals surface area contributed by atoms with Crippen LogP contribution in [0.3, 0.4) is 0 Å². The predicted octanol–water partition coefficient (Wildman–Crippen LogP) is 2.07. The SMILES string of the molecule is Cc1ccccc1N1C(=O)NC(=O)/C(=C/c2ccc(O)c(O)c2)C1=O. The molecule has 3 rings (SSSR count). The Morgan fingerprint density at radius 3 is 2.40 bits per heavy atom. The molecule has 0 spiro atoms. The van der Waals surface area contributed by atoms with Crippen LogP contribution >= 0.6 is 0 Å². The minimum atomic E-state index is -0.826. The molecule has 7 heteroatoms. The second-order valence-electron chi connectivity index (χ2n) is 5.49. The Kier molecular flexibility index (Phi) is 3.98. The third-order valence-electron chi connectivity index (χ3n) is 3.77. The van der Waals surface area contributed by atoms with Crippen molar-refractivity contribution < 1.29 is 24.6 Å². The van der Waals surface area contributed by atoms with Gasteiger partial charge in [-0.15, -0.1) is 0 Å². The van der Waals surface area contributed by atoms with E-state index in [4.69, 9.17) is 0 Å². The lowest BCUT2D eigenvalue weighted by molar-refractivity contribution is -0.122. The van der Waals surface area contributed by atoms with E-state index in [2.05, 4.69) is 5.32 Å². The van der Waals surface area contributed by atoms with Crippen LogP contribution in [0.15, 0.2) is 48.0 Å². The number of anilines is 1. The van der Waals surface area contributed by atoms with E-state index in [0.29, 0.717) is 16.8 Å². The number of nitrogens with zero attached hydrogens (tertiary/aromatic N) is 1. The molecule has 3 N–H and O–H groups in total. The Morgan fingerprint density at radius 2 is 1.72 bits per heavy atom. The number of urea groups is 1. The number of carbonyl (C=O) groups excluding carboxylic acids is 3. The van der Waals surface area contributed by atoms with Gasteiger partial charge in [-0.2, -0.15) is 0 Å². The van der Waals surface area contributed by atoms with Gasteiger partial charge in [0, 0.05) is 0 Å². The van der Waals surface area contributed by atoms with E-state index >= 15 is 0 Å². The summed E-state index contributed by atoms with van der Waals surface area (Å²) in [4.78, 5) is 37.8. The van der Waals surface area contributed by atoms with Gasteiger partial charge in [0.15, 0.2) is 11.5 Å². The number of rotatable bonds is 2. The van der Waals surface area contributed by atoms with E-state index in [1.165, 1.54) is 24.3 Å². The quantitative estimate of drug-likeness (QED) is 0.441. The highest BCUT2D eigenvalue weighted by molar-refractivity contribution is 6.39. The molecule has 4 amide bonds. The monoisotopic (exact) mass is 338 g/mol. The number of phenols is 2. The molecule has 0 aromatic heterocycles. The molecule has 1 heterocycles. The number of hydrogen-bond donors (Lipinski definition) is 3. The van der Waals surface area contributed by atoms with Crippen LogP contribution in [-0.2, 0) is 9.59 Å². The van der Waals surface area contributed by atoms with Crippen LogP contribution in [0.2, 0.25) is 0 Å². The summed E-state index contributed by atoms with van der Waals surface area (Å²) < 4.78 is 0. The third-order valence-corrected chi connectivity index (χ3v) is 3.77. The van der Waals surface area contributed by atoms with Crippen LogP contribution in [0.5, 0.6) is 11.5 Å². The largest absolute Gasteiger partial charge is 0.504 e. The summed E-state index contributed by atoms with van der Waals surface area (Å²) in [6.07, 6.45) is 1.24. The molecule has 1 fully saturated rings. The molecule has 126 valence electrons. The average molecular weight is 338 g/mol.